The van der Waals surface area contributed by atoms with Crippen molar-refractivity contribution in [3.8, 4) is 11.5 Å². The Bertz CT molecular complexity index is 446. The summed E-state index contributed by atoms with van der Waals surface area (Å²) in [6.07, 6.45) is 3.92. The number of hydrogen-bond acceptors (Lipinski definition) is 3. The molecule has 2 rings (SSSR count). The molecular formula is C16H24BrNO2. The average molecular weight is 342 g/mol. The van der Waals surface area contributed by atoms with Crippen LogP contribution in [0.5, 0.6) is 11.5 Å². The largest absolute Gasteiger partial charge is 0.490 e. The number of benzene rings is 1. The Kier molecular flexibility index (Phi) is 5.73. The number of halogens is 1. The van der Waals surface area contributed by atoms with E-state index in [-0.39, 0.29) is 0 Å². The molecule has 0 amide bonds. The first-order valence-electron chi connectivity index (χ1n) is 7.45. The summed E-state index contributed by atoms with van der Waals surface area (Å²) in [7, 11) is 2.02. The normalized spacial score (nSPS) is 16.0. The van der Waals surface area contributed by atoms with Crippen molar-refractivity contribution in [2.75, 3.05) is 20.3 Å². The molecule has 1 aromatic carbocycles. The molecule has 0 heterocycles. The molecule has 20 heavy (non-hydrogen) atoms. The van der Waals surface area contributed by atoms with Crippen LogP contribution in [-0.2, 0) is 0 Å². The lowest BCUT2D eigenvalue weighted by atomic mass is 10.0. The quantitative estimate of drug-likeness (QED) is 0.764. The van der Waals surface area contributed by atoms with E-state index in [9.17, 15) is 0 Å². The number of nitrogens with one attached hydrogen (secondary N) is 1. The summed E-state index contributed by atoms with van der Waals surface area (Å²) >= 11 is 3.68. The van der Waals surface area contributed by atoms with Crippen LogP contribution < -0.4 is 14.8 Å². The average Bonchev–Trinajstić information content (AvgIpc) is 3.24. The first-order valence-corrected chi connectivity index (χ1v) is 8.25. The minimum Gasteiger partial charge on any atom is -0.490 e. The summed E-state index contributed by atoms with van der Waals surface area (Å²) in [5.41, 5.74) is 1.26. The van der Waals surface area contributed by atoms with Gasteiger partial charge in [-0.1, -0.05) is 28.8 Å². The number of rotatable bonds is 8. The third kappa shape index (κ3) is 3.89. The van der Waals surface area contributed by atoms with Crippen LogP contribution in [0.1, 0.15) is 44.7 Å². The van der Waals surface area contributed by atoms with Gasteiger partial charge in [0.05, 0.1) is 13.2 Å². The van der Waals surface area contributed by atoms with Crippen LogP contribution in [0.15, 0.2) is 16.6 Å². The molecule has 1 aliphatic rings. The molecule has 1 aliphatic carbocycles. The van der Waals surface area contributed by atoms with Crippen LogP contribution in [0.2, 0.25) is 0 Å². The van der Waals surface area contributed by atoms with Crippen molar-refractivity contribution in [1.29, 1.82) is 0 Å². The highest BCUT2D eigenvalue weighted by molar-refractivity contribution is 9.10. The lowest BCUT2D eigenvalue weighted by molar-refractivity contribution is 0.287. The van der Waals surface area contributed by atoms with Crippen molar-refractivity contribution in [2.45, 2.75) is 39.2 Å². The first kappa shape index (κ1) is 15.6. The minimum absolute atomic E-state index is 0.367. The van der Waals surface area contributed by atoms with Gasteiger partial charge in [0.1, 0.15) is 0 Å². The van der Waals surface area contributed by atoms with E-state index < -0.39 is 0 Å². The molecule has 0 radical (unpaired) electrons. The van der Waals surface area contributed by atoms with E-state index in [0.29, 0.717) is 19.3 Å². The van der Waals surface area contributed by atoms with Crippen molar-refractivity contribution in [3.05, 3.63) is 22.2 Å². The first-order chi connectivity index (χ1) is 9.69. The summed E-state index contributed by atoms with van der Waals surface area (Å²) in [4.78, 5) is 0. The van der Waals surface area contributed by atoms with Crippen molar-refractivity contribution >= 4 is 15.9 Å². The van der Waals surface area contributed by atoms with Crippen LogP contribution in [0.25, 0.3) is 0 Å². The van der Waals surface area contributed by atoms with Crippen molar-refractivity contribution in [1.82, 2.24) is 5.32 Å². The molecule has 1 saturated carbocycles. The highest BCUT2D eigenvalue weighted by atomic mass is 79.9. The van der Waals surface area contributed by atoms with Gasteiger partial charge < -0.3 is 14.8 Å². The Morgan fingerprint density at radius 3 is 2.30 bits per heavy atom. The zero-order valence-electron chi connectivity index (χ0n) is 12.5. The maximum Gasteiger partial charge on any atom is 0.162 e. The third-order valence-electron chi connectivity index (χ3n) is 3.65. The Labute approximate surface area is 130 Å². The zero-order chi connectivity index (χ0) is 14.5. The van der Waals surface area contributed by atoms with Gasteiger partial charge in [0.25, 0.3) is 0 Å². The molecule has 0 spiro atoms. The summed E-state index contributed by atoms with van der Waals surface area (Å²) in [5, 5.41) is 3.42. The van der Waals surface area contributed by atoms with E-state index in [4.69, 9.17) is 9.47 Å². The van der Waals surface area contributed by atoms with Gasteiger partial charge in [-0.05, 0) is 50.9 Å². The van der Waals surface area contributed by atoms with E-state index in [1.165, 1.54) is 24.8 Å². The molecule has 112 valence electrons. The van der Waals surface area contributed by atoms with E-state index in [2.05, 4.69) is 27.3 Å². The lowest BCUT2D eigenvalue weighted by Crippen LogP contribution is -2.17. The summed E-state index contributed by atoms with van der Waals surface area (Å²) < 4.78 is 12.5. The van der Waals surface area contributed by atoms with Crippen LogP contribution in [0.4, 0.5) is 0 Å². The highest BCUT2D eigenvalue weighted by Gasteiger charge is 2.27. The Morgan fingerprint density at radius 1 is 1.20 bits per heavy atom. The van der Waals surface area contributed by atoms with Gasteiger partial charge in [-0.15, -0.1) is 0 Å². The molecule has 3 nitrogen and oxygen atoms in total. The fraction of sp³-hybridized carbons (Fsp3) is 0.625. The molecule has 1 atom stereocenters. The smallest absolute Gasteiger partial charge is 0.162 e. The Morgan fingerprint density at radius 2 is 1.80 bits per heavy atom. The standard InChI is InChI=1S/C16H24BrNO2/c1-4-19-15-9-12(13(17)10-16(15)20-5-2)14(18-3)8-11-6-7-11/h9-11,14,18H,4-8H2,1-3H3. The molecule has 0 bridgehead atoms. The van der Waals surface area contributed by atoms with Gasteiger partial charge in [0.2, 0.25) is 0 Å². The van der Waals surface area contributed by atoms with E-state index >= 15 is 0 Å². The molecule has 1 fully saturated rings. The number of hydrogen-bond donors (Lipinski definition) is 1. The highest BCUT2D eigenvalue weighted by Crippen LogP contribution is 2.42. The maximum atomic E-state index is 5.73. The van der Waals surface area contributed by atoms with Gasteiger partial charge >= 0.3 is 0 Å². The topological polar surface area (TPSA) is 30.5 Å². The lowest BCUT2D eigenvalue weighted by Gasteiger charge is -2.21. The SMILES string of the molecule is CCOc1cc(Br)c(C(CC2CC2)NC)cc1OCC. The van der Waals surface area contributed by atoms with Crippen molar-refractivity contribution < 1.29 is 9.47 Å². The predicted octanol–water partition coefficient (Wildman–Crippen LogP) is 4.31. The summed E-state index contributed by atoms with van der Waals surface area (Å²) in [6, 6.07) is 4.51. The fourth-order valence-electron chi connectivity index (χ4n) is 2.44. The molecule has 1 unspecified atom stereocenters. The fourth-order valence-corrected chi connectivity index (χ4v) is 3.04. The number of ether oxygens (including phenoxy) is 2. The zero-order valence-corrected chi connectivity index (χ0v) is 14.1. The van der Waals surface area contributed by atoms with Crippen LogP contribution in [-0.4, -0.2) is 20.3 Å². The Balaban J connectivity index is 2.27. The van der Waals surface area contributed by atoms with Crippen LogP contribution in [0, 0.1) is 5.92 Å². The molecule has 0 aliphatic heterocycles. The molecule has 1 aromatic rings. The molecule has 0 saturated heterocycles. The monoisotopic (exact) mass is 341 g/mol. The summed E-state index contributed by atoms with van der Waals surface area (Å²) in [6.45, 7) is 5.27. The third-order valence-corrected chi connectivity index (χ3v) is 4.34. The predicted molar refractivity (Wildman–Crippen MR) is 85.6 cm³/mol. The second-order valence-corrected chi connectivity index (χ2v) is 6.06. The molecule has 4 heteroatoms. The molecule has 1 N–H and O–H groups in total. The van der Waals surface area contributed by atoms with E-state index in [1.807, 2.05) is 27.0 Å². The minimum atomic E-state index is 0.367. The second kappa shape index (κ2) is 7.32. The van der Waals surface area contributed by atoms with Gasteiger partial charge in [-0.2, -0.15) is 0 Å². The van der Waals surface area contributed by atoms with E-state index in [1.54, 1.807) is 0 Å². The van der Waals surface area contributed by atoms with Crippen molar-refractivity contribution in [3.63, 3.8) is 0 Å². The molecular weight excluding hydrogens is 318 g/mol. The van der Waals surface area contributed by atoms with Gasteiger partial charge in [-0.25, -0.2) is 0 Å². The van der Waals surface area contributed by atoms with Gasteiger partial charge in [0.15, 0.2) is 11.5 Å². The van der Waals surface area contributed by atoms with E-state index in [0.717, 1.165) is 21.9 Å². The second-order valence-electron chi connectivity index (χ2n) is 5.21. The van der Waals surface area contributed by atoms with Gasteiger partial charge in [-0.3, -0.25) is 0 Å². The maximum absolute atomic E-state index is 5.73. The van der Waals surface area contributed by atoms with Crippen LogP contribution in [0.3, 0.4) is 0 Å². The van der Waals surface area contributed by atoms with Gasteiger partial charge in [0, 0.05) is 10.5 Å². The molecule has 0 aromatic heterocycles. The van der Waals surface area contributed by atoms with Crippen LogP contribution >= 0.6 is 15.9 Å². The summed E-state index contributed by atoms with van der Waals surface area (Å²) in [5.74, 6) is 2.52. The Hall–Kier alpha value is -0.740. The van der Waals surface area contributed by atoms with Crippen molar-refractivity contribution in [2.24, 2.45) is 5.92 Å².